The van der Waals surface area contributed by atoms with Gasteiger partial charge in [-0.25, -0.2) is 0 Å². The molecule has 0 aromatic heterocycles. The summed E-state index contributed by atoms with van der Waals surface area (Å²) >= 11 is 0. The van der Waals surface area contributed by atoms with E-state index in [0.717, 1.165) is 12.8 Å². The Balaban J connectivity index is 2.44. The van der Waals surface area contributed by atoms with Crippen molar-refractivity contribution >= 4 is 11.8 Å². The lowest BCUT2D eigenvalue weighted by molar-refractivity contribution is -0.140. The second-order valence-corrected chi connectivity index (χ2v) is 4.56. The summed E-state index contributed by atoms with van der Waals surface area (Å²) in [5.74, 6) is 0.0718. The van der Waals surface area contributed by atoms with Crippen LogP contribution in [-0.4, -0.2) is 23.3 Å². The summed E-state index contributed by atoms with van der Waals surface area (Å²) in [7, 11) is 0. The lowest BCUT2D eigenvalue weighted by Gasteiger charge is -2.20. The van der Waals surface area contributed by atoms with Crippen LogP contribution in [0.3, 0.4) is 0 Å². The van der Waals surface area contributed by atoms with E-state index in [1.54, 1.807) is 0 Å². The number of carbonyl (C=O) groups excluding carboxylic acids is 2. The highest BCUT2D eigenvalue weighted by Crippen LogP contribution is 2.63. The summed E-state index contributed by atoms with van der Waals surface area (Å²) in [6.45, 7) is 6.17. The maximum Gasteiger partial charge on any atom is 0.236 e. The van der Waals surface area contributed by atoms with Crippen molar-refractivity contribution in [1.29, 1.82) is 0 Å². The number of likely N-dealkylation sites (tertiary alicyclic amines) is 1. The molecule has 0 aromatic rings. The largest absolute Gasteiger partial charge is 0.282 e. The van der Waals surface area contributed by atoms with Gasteiger partial charge in [-0.1, -0.05) is 0 Å². The highest BCUT2D eigenvalue weighted by molar-refractivity contribution is 6.10. The van der Waals surface area contributed by atoms with Crippen molar-refractivity contribution in [2.45, 2.75) is 33.6 Å². The van der Waals surface area contributed by atoms with Gasteiger partial charge in [0.25, 0.3) is 0 Å². The number of nitrogens with zero attached hydrogens (tertiary/aromatic N) is 1. The maximum atomic E-state index is 11.9. The zero-order chi connectivity index (χ0) is 9.85. The average molecular weight is 181 g/mol. The third kappa shape index (κ3) is 0.754. The highest BCUT2D eigenvalue weighted by Gasteiger charge is 2.70. The molecule has 0 bridgehead atoms. The summed E-state index contributed by atoms with van der Waals surface area (Å²) in [6.07, 6.45) is 1.78. The van der Waals surface area contributed by atoms with Crippen LogP contribution in [-0.2, 0) is 9.59 Å². The Morgan fingerprint density at radius 2 is 1.77 bits per heavy atom. The van der Waals surface area contributed by atoms with E-state index in [1.807, 2.05) is 20.8 Å². The molecule has 2 rings (SSSR count). The molecule has 1 spiro atoms. The van der Waals surface area contributed by atoms with Crippen molar-refractivity contribution in [3.63, 3.8) is 0 Å². The maximum absolute atomic E-state index is 11.9. The van der Waals surface area contributed by atoms with Crippen molar-refractivity contribution < 1.29 is 9.59 Å². The monoisotopic (exact) mass is 181 g/mol. The normalized spacial score (nSPS) is 28.7. The molecule has 13 heavy (non-hydrogen) atoms. The molecule has 2 amide bonds. The van der Waals surface area contributed by atoms with Gasteiger partial charge < -0.3 is 0 Å². The minimum atomic E-state index is -0.458. The van der Waals surface area contributed by atoms with E-state index in [-0.39, 0.29) is 17.2 Å². The summed E-state index contributed by atoms with van der Waals surface area (Å²) in [6, 6.07) is 0. The second-order valence-electron chi connectivity index (χ2n) is 4.56. The highest BCUT2D eigenvalue weighted by atomic mass is 16.2. The number of carbonyl (C=O) groups is 2. The van der Waals surface area contributed by atoms with E-state index >= 15 is 0 Å². The minimum Gasteiger partial charge on any atom is -0.282 e. The van der Waals surface area contributed by atoms with Crippen molar-refractivity contribution in [2.24, 2.45) is 10.8 Å². The quantitative estimate of drug-likeness (QED) is 0.570. The number of amides is 2. The molecule has 1 aliphatic carbocycles. The number of rotatable bonds is 1. The van der Waals surface area contributed by atoms with Crippen molar-refractivity contribution in [2.75, 3.05) is 6.54 Å². The first-order chi connectivity index (χ1) is 5.97. The number of imide groups is 1. The van der Waals surface area contributed by atoms with Gasteiger partial charge in [-0.15, -0.1) is 0 Å². The third-order valence-electron chi connectivity index (χ3n) is 3.70. The van der Waals surface area contributed by atoms with Crippen molar-refractivity contribution in [3.05, 3.63) is 0 Å². The standard InChI is InChI=1S/C10H15NO2/c1-4-11-7(12)9(2,3)10(5-6-10)8(11)13/h4-6H2,1-3H3. The fraction of sp³-hybridized carbons (Fsp3) is 0.800. The molecule has 0 aromatic carbocycles. The van der Waals surface area contributed by atoms with Crippen LogP contribution in [0, 0.1) is 10.8 Å². The van der Waals surface area contributed by atoms with Crippen LogP contribution in [0.4, 0.5) is 0 Å². The van der Waals surface area contributed by atoms with Crippen LogP contribution in [0.2, 0.25) is 0 Å². The fourth-order valence-corrected chi connectivity index (χ4v) is 2.41. The van der Waals surface area contributed by atoms with E-state index in [4.69, 9.17) is 0 Å². The molecule has 1 saturated carbocycles. The minimum absolute atomic E-state index is 0.0116. The van der Waals surface area contributed by atoms with Gasteiger partial charge >= 0.3 is 0 Å². The molecule has 3 nitrogen and oxygen atoms in total. The Morgan fingerprint density at radius 1 is 1.23 bits per heavy atom. The molecule has 0 N–H and O–H groups in total. The van der Waals surface area contributed by atoms with E-state index in [0.29, 0.717) is 6.54 Å². The molecule has 3 heteroatoms. The molecule has 1 saturated heterocycles. The Labute approximate surface area is 78.1 Å². The zero-order valence-corrected chi connectivity index (χ0v) is 8.39. The summed E-state index contributed by atoms with van der Waals surface area (Å²) in [5.41, 5.74) is -0.778. The van der Waals surface area contributed by atoms with E-state index in [1.165, 1.54) is 4.90 Å². The third-order valence-corrected chi connectivity index (χ3v) is 3.70. The Morgan fingerprint density at radius 3 is 2.00 bits per heavy atom. The van der Waals surface area contributed by atoms with E-state index in [9.17, 15) is 9.59 Å². The van der Waals surface area contributed by atoms with Gasteiger partial charge in [-0.3, -0.25) is 14.5 Å². The van der Waals surface area contributed by atoms with Gasteiger partial charge in [0.1, 0.15) is 0 Å². The number of hydrogen-bond donors (Lipinski definition) is 0. The molecule has 72 valence electrons. The lowest BCUT2D eigenvalue weighted by Crippen LogP contribution is -2.32. The van der Waals surface area contributed by atoms with Gasteiger partial charge in [-0.05, 0) is 33.6 Å². The van der Waals surface area contributed by atoms with Crippen LogP contribution in [0.15, 0.2) is 0 Å². The van der Waals surface area contributed by atoms with Gasteiger partial charge in [0.2, 0.25) is 11.8 Å². The van der Waals surface area contributed by atoms with E-state index in [2.05, 4.69) is 0 Å². The molecule has 0 unspecified atom stereocenters. The van der Waals surface area contributed by atoms with Crippen LogP contribution >= 0.6 is 0 Å². The summed E-state index contributed by atoms with van der Waals surface area (Å²) in [5, 5.41) is 0. The van der Waals surface area contributed by atoms with Gasteiger partial charge in [0, 0.05) is 6.54 Å². The molecular weight excluding hydrogens is 166 g/mol. The van der Waals surface area contributed by atoms with E-state index < -0.39 is 5.41 Å². The Bertz CT molecular complexity index is 273. The Hall–Kier alpha value is -0.860. The smallest absolute Gasteiger partial charge is 0.236 e. The van der Waals surface area contributed by atoms with Crippen molar-refractivity contribution in [1.82, 2.24) is 4.90 Å². The fourth-order valence-electron chi connectivity index (χ4n) is 2.41. The molecule has 2 fully saturated rings. The molecule has 1 heterocycles. The predicted octanol–water partition coefficient (Wildman–Crippen LogP) is 1.18. The summed E-state index contributed by atoms with van der Waals surface area (Å²) < 4.78 is 0. The van der Waals surface area contributed by atoms with Crippen LogP contribution in [0.1, 0.15) is 33.6 Å². The zero-order valence-electron chi connectivity index (χ0n) is 8.39. The summed E-state index contributed by atoms with van der Waals surface area (Å²) in [4.78, 5) is 25.1. The molecular formula is C10H15NO2. The number of hydrogen-bond acceptors (Lipinski definition) is 2. The topological polar surface area (TPSA) is 37.4 Å². The predicted molar refractivity (Wildman–Crippen MR) is 47.8 cm³/mol. The SMILES string of the molecule is CCN1C(=O)C(C)(C)C2(CC2)C1=O. The molecule has 0 radical (unpaired) electrons. The molecule has 1 aliphatic heterocycles. The van der Waals surface area contributed by atoms with Gasteiger partial charge in [-0.2, -0.15) is 0 Å². The van der Waals surface area contributed by atoms with Crippen LogP contribution in [0.25, 0.3) is 0 Å². The van der Waals surface area contributed by atoms with Crippen LogP contribution < -0.4 is 0 Å². The molecule has 2 aliphatic rings. The Kier molecular flexibility index (Phi) is 1.44. The first kappa shape index (κ1) is 8.73. The van der Waals surface area contributed by atoms with Crippen molar-refractivity contribution in [3.8, 4) is 0 Å². The lowest BCUT2D eigenvalue weighted by atomic mass is 9.78. The average Bonchev–Trinajstić information content (AvgIpc) is 2.82. The van der Waals surface area contributed by atoms with Crippen LogP contribution in [0.5, 0.6) is 0 Å². The molecule has 0 atom stereocenters. The van der Waals surface area contributed by atoms with Gasteiger partial charge in [0.05, 0.1) is 10.8 Å². The first-order valence-electron chi connectivity index (χ1n) is 4.84. The van der Waals surface area contributed by atoms with Gasteiger partial charge in [0.15, 0.2) is 0 Å². The second kappa shape index (κ2) is 2.14. The first-order valence-corrected chi connectivity index (χ1v) is 4.84.